The lowest BCUT2D eigenvalue weighted by atomic mass is 9.62. The Kier molecular flexibility index (Phi) is 4.75. The van der Waals surface area contributed by atoms with E-state index >= 15 is 0 Å². The molecule has 0 saturated carbocycles. The molecule has 2 aliphatic heterocycles. The van der Waals surface area contributed by atoms with Gasteiger partial charge in [-0.2, -0.15) is 4.31 Å². The molecule has 1 amide bonds. The van der Waals surface area contributed by atoms with Gasteiger partial charge in [0.15, 0.2) is 0 Å². The maximum absolute atomic E-state index is 13.1. The molecule has 2 saturated heterocycles. The number of hydrogen-bond acceptors (Lipinski definition) is 4. The average Bonchev–Trinajstić information content (AvgIpc) is 2.72. The third-order valence-electron chi connectivity index (χ3n) is 6.02. The molecule has 148 valence electrons. The minimum Gasteiger partial charge on any atom is -0.332 e. The third-order valence-corrected chi connectivity index (χ3v) is 7.90. The maximum Gasteiger partial charge on any atom is 0.244 e. The third kappa shape index (κ3) is 2.84. The van der Waals surface area contributed by atoms with Crippen molar-refractivity contribution in [1.82, 2.24) is 14.2 Å². The Hall–Kier alpha value is -2.25. The summed E-state index contributed by atoms with van der Waals surface area (Å²) in [4.78, 5) is 19.2. The topological polar surface area (TPSA) is 70.6 Å². The van der Waals surface area contributed by atoms with Crippen LogP contribution < -0.4 is 0 Å². The van der Waals surface area contributed by atoms with Crippen molar-refractivity contribution in [3.8, 4) is 0 Å². The largest absolute Gasteiger partial charge is 0.332 e. The SMILES string of the molecule is CC(C)N1C(=O)C2(CCN(S(=O)(=O)c3cccnc3)CC2)C1c1ccccc1. The Labute approximate surface area is 166 Å². The van der Waals surface area contributed by atoms with Crippen molar-refractivity contribution in [1.29, 1.82) is 0 Å². The van der Waals surface area contributed by atoms with E-state index in [2.05, 4.69) is 17.1 Å². The van der Waals surface area contributed by atoms with E-state index in [1.807, 2.05) is 36.9 Å². The van der Waals surface area contributed by atoms with Gasteiger partial charge in [0.25, 0.3) is 0 Å². The Morgan fingerprint density at radius 1 is 1.07 bits per heavy atom. The number of benzene rings is 1. The van der Waals surface area contributed by atoms with Crippen LogP contribution in [-0.4, -0.2) is 47.6 Å². The Morgan fingerprint density at radius 3 is 2.32 bits per heavy atom. The molecule has 2 fully saturated rings. The number of likely N-dealkylation sites (tertiary alicyclic amines) is 1. The highest BCUT2D eigenvalue weighted by atomic mass is 32.2. The van der Waals surface area contributed by atoms with Gasteiger partial charge in [0.05, 0.1) is 11.5 Å². The van der Waals surface area contributed by atoms with Crippen molar-refractivity contribution >= 4 is 15.9 Å². The molecule has 7 heteroatoms. The summed E-state index contributed by atoms with van der Waals surface area (Å²) in [6.07, 6.45) is 4.01. The summed E-state index contributed by atoms with van der Waals surface area (Å²) < 4.78 is 27.3. The van der Waals surface area contributed by atoms with E-state index in [1.165, 1.54) is 10.5 Å². The molecule has 1 unspecified atom stereocenters. The fourth-order valence-corrected chi connectivity index (χ4v) is 6.01. The number of amides is 1. The van der Waals surface area contributed by atoms with Gasteiger partial charge in [-0.15, -0.1) is 0 Å². The highest BCUT2D eigenvalue weighted by molar-refractivity contribution is 7.89. The Balaban J connectivity index is 1.60. The fourth-order valence-electron chi connectivity index (χ4n) is 4.60. The molecule has 2 aliphatic rings. The van der Waals surface area contributed by atoms with Crippen molar-refractivity contribution in [3.63, 3.8) is 0 Å². The summed E-state index contributed by atoms with van der Waals surface area (Å²) in [5.74, 6) is 0.148. The lowest BCUT2D eigenvalue weighted by Gasteiger charge is -2.60. The predicted octanol–water partition coefficient (Wildman–Crippen LogP) is 2.84. The van der Waals surface area contributed by atoms with Crippen LogP contribution in [0.4, 0.5) is 0 Å². The summed E-state index contributed by atoms with van der Waals surface area (Å²) in [5, 5.41) is 0. The molecule has 6 nitrogen and oxygen atoms in total. The molecule has 1 atom stereocenters. The first kappa shape index (κ1) is 19.1. The number of hydrogen-bond donors (Lipinski definition) is 0. The molecule has 4 rings (SSSR count). The fraction of sp³-hybridized carbons (Fsp3) is 0.429. The number of nitrogens with zero attached hydrogens (tertiary/aromatic N) is 3. The molecule has 1 aromatic carbocycles. The zero-order valence-corrected chi connectivity index (χ0v) is 17.0. The highest BCUT2D eigenvalue weighted by Gasteiger charge is 2.62. The molecule has 0 radical (unpaired) electrons. The molecule has 28 heavy (non-hydrogen) atoms. The highest BCUT2D eigenvalue weighted by Crippen LogP contribution is 2.57. The van der Waals surface area contributed by atoms with Crippen molar-refractivity contribution in [3.05, 3.63) is 60.4 Å². The standard InChI is InChI=1S/C21H25N3O3S/c1-16(2)24-19(17-7-4-3-5-8-17)21(20(24)25)10-13-23(14-11-21)28(26,27)18-9-6-12-22-15-18/h3-9,12,15-16,19H,10-11,13-14H2,1-2H3. The molecule has 0 aliphatic carbocycles. The van der Waals surface area contributed by atoms with Gasteiger partial charge in [0.2, 0.25) is 15.9 Å². The normalized spacial score (nSPS) is 22.5. The first-order chi connectivity index (χ1) is 13.4. The Bertz CT molecular complexity index is 953. The number of sulfonamides is 1. The van der Waals surface area contributed by atoms with E-state index in [9.17, 15) is 13.2 Å². The van der Waals surface area contributed by atoms with Gasteiger partial charge in [-0.25, -0.2) is 8.42 Å². The molecule has 0 N–H and O–H groups in total. The van der Waals surface area contributed by atoms with E-state index < -0.39 is 15.4 Å². The van der Waals surface area contributed by atoms with Crippen LogP contribution in [0.2, 0.25) is 0 Å². The smallest absolute Gasteiger partial charge is 0.244 e. The van der Waals surface area contributed by atoms with Crippen molar-refractivity contribution in [2.24, 2.45) is 5.41 Å². The Morgan fingerprint density at radius 2 is 1.75 bits per heavy atom. The van der Waals surface area contributed by atoms with Crippen LogP contribution in [0.1, 0.15) is 38.3 Å². The summed E-state index contributed by atoms with van der Waals surface area (Å²) in [6.45, 7) is 4.75. The van der Waals surface area contributed by atoms with Crippen molar-refractivity contribution in [2.45, 2.75) is 43.7 Å². The molecule has 1 aromatic heterocycles. The van der Waals surface area contributed by atoms with Crippen LogP contribution >= 0.6 is 0 Å². The van der Waals surface area contributed by atoms with E-state index in [1.54, 1.807) is 18.3 Å². The van der Waals surface area contributed by atoms with Gasteiger partial charge in [-0.1, -0.05) is 30.3 Å². The first-order valence-corrected chi connectivity index (χ1v) is 11.1. The first-order valence-electron chi connectivity index (χ1n) is 9.66. The van der Waals surface area contributed by atoms with Crippen molar-refractivity contribution in [2.75, 3.05) is 13.1 Å². The lowest BCUT2D eigenvalue weighted by molar-refractivity contribution is -0.183. The monoisotopic (exact) mass is 399 g/mol. The van der Waals surface area contributed by atoms with E-state index in [0.29, 0.717) is 25.9 Å². The van der Waals surface area contributed by atoms with Crippen LogP contribution in [0.25, 0.3) is 0 Å². The van der Waals surface area contributed by atoms with Gasteiger partial charge in [-0.05, 0) is 44.4 Å². The van der Waals surface area contributed by atoms with E-state index in [-0.39, 0.29) is 22.9 Å². The van der Waals surface area contributed by atoms with Crippen molar-refractivity contribution < 1.29 is 13.2 Å². The summed E-state index contributed by atoms with van der Waals surface area (Å²) in [6, 6.07) is 13.4. The maximum atomic E-state index is 13.1. The average molecular weight is 400 g/mol. The van der Waals surface area contributed by atoms with Gasteiger partial charge in [-0.3, -0.25) is 9.78 Å². The number of piperidine rings is 1. The van der Waals surface area contributed by atoms with Gasteiger partial charge in [0.1, 0.15) is 4.90 Å². The van der Waals surface area contributed by atoms with Crippen LogP contribution in [0.3, 0.4) is 0 Å². The zero-order valence-electron chi connectivity index (χ0n) is 16.2. The van der Waals surface area contributed by atoms with Gasteiger partial charge >= 0.3 is 0 Å². The van der Waals surface area contributed by atoms with Crippen LogP contribution in [0.15, 0.2) is 59.8 Å². The number of pyridine rings is 1. The second-order valence-electron chi connectivity index (χ2n) is 7.87. The second kappa shape index (κ2) is 6.97. The minimum absolute atomic E-state index is 0.00412. The number of aromatic nitrogens is 1. The number of β-lactam (4-membered cyclic amide) rings is 1. The molecule has 3 heterocycles. The molecule has 2 aromatic rings. The summed E-state index contributed by atoms with van der Waals surface area (Å²) in [7, 11) is -3.58. The van der Waals surface area contributed by atoms with E-state index in [0.717, 1.165) is 5.56 Å². The number of rotatable bonds is 4. The van der Waals surface area contributed by atoms with Crippen LogP contribution in [-0.2, 0) is 14.8 Å². The molecule has 1 spiro atoms. The predicted molar refractivity (Wildman–Crippen MR) is 106 cm³/mol. The second-order valence-corrected chi connectivity index (χ2v) is 9.81. The van der Waals surface area contributed by atoms with Gasteiger partial charge in [0, 0.05) is 31.5 Å². The minimum atomic E-state index is -3.58. The zero-order chi connectivity index (χ0) is 19.9. The summed E-state index contributed by atoms with van der Waals surface area (Å²) in [5.41, 5.74) is 0.617. The number of carbonyl (C=O) groups excluding carboxylic acids is 1. The van der Waals surface area contributed by atoms with Gasteiger partial charge < -0.3 is 4.90 Å². The molecule has 0 bridgehead atoms. The van der Waals surface area contributed by atoms with Crippen LogP contribution in [0, 0.1) is 5.41 Å². The quantitative estimate of drug-likeness (QED) is 0.742. The van der Waals surface area contributed by atoms with E-state index in [4.69, 9.17) is 0 Å². The number of carbonyl (C=O) groups is 1. The molecular formula is C21H25N3O3S. The van der Waals surface area contributed by atoms with Crippen LogP contribution in [0.5, 0.6) is 0 Å². The molecular weight excluding hydrogens is 374 g/mol. The lowest BCUT2D eigenvalue weighted by Crippen LogP contribution is -2.68. The summed E-state index contributed by atoms with van der Waals surface area (Å²) >= 11 is 0.